The lowest BCUT2D eigenvalue weighted by molar-refractivity contribution is 0.129. The van der Waals surface area contributed by atoms with Crippen LogP contribution in [0.4, 0.5) is 4.79 Å². The topological polar surface area (TPSA) is 61.6 Å². The third-order valence-corrected chi connectivity index (χ3v) is 5.21. The molecule has 28 heavy (non-hydrogen) atoms. The molecule has 3 aromatic rings. The van der Waals surface area contributed by atoms with Gasteiger partial charge in [-0.3, -0.25) is 4.90 Å². The van der Waals surface area contributed by atoms with Gasteiger partial charge in [-0.05, 0) is 24.6 Å². The molecule has 2 heterocycles. The predicted octanol–water partition coefficient (Wildman–Crippen LogP) is 3.82. The number of urea groups is 1. The predicted molar refractivity (Wildman–Crippen MR) is 109 cm³/mol. The molecule has 0 atom stereocenters. The minimum absolute atomic E-state index is 0.0169. The molecule has 0 spiro atoms. The first kappa shape index (κ1) is 18.8. The second kappa shape index (κ2) is 8.20. The van der Waals surface area contributed by atoms with Gasteiger partial charge in [0.05, 0.1) is 6.54 Å². The summed E-state index contributed by atoms with van der Waals surface area (Å²) in [5.74, 6) is 0.675. The quantitative estimate of drug-likeness (QED) is 0.725. The average molecular weight is 399 g/mol. The van der Waals surface area contributed by atoms with Crippen LogP contribution in [0.1, 0.15) is 17.0 Å². The van der Waals surface area contributed by atoms with Crippen molar-refractivity contribution in [1.82, 2.24) is 20.1 Å². The number of hydrogen-bond acceptors (Lipinski definition) is 4. The third kappa shape index (κ3) is 4.46. The fourth-order valence-electron chi connectivity index (χ4n) is 3.31. The van der Waals surface area contributed by atoms with E-state index in [-0.39, 0.29) is 6.03 Å². The first-order chi connectivity index (χ1) is 13.6. The maximum atomic E-state index is 12.4. The lowest BCUT2D eigenvalue weighted by Gasteiger charge is -2.34. The molecule has 1 aliphatic rings. The number of hydrogen-bond donors (Lipinski definition) is 1. The van der Waals surface area contributed by atoms with Gasteiger partial charge in [0.1, 0.15) is 5.52 Å². The van der Waals surface area contributed by atoms with E-state index in [4.69, 9.17) is 16.0 Å². The molecular weight excluding hydrogens is 376 g/mol. The summed E-state index contributed by atoms with van der Waals surface area (Å²) in [6, 6.07) is 13.6. The lowest BCUT2D eigenvalue weighted by atomic mass is 10.1. The van der Waals surface area contributed by atoms with Gasteiger partial charge in [-0.2, -0.15) is 0 Å². The van der Waals surface area contributed by atoms with E-state index in [0.29, 0.717) is 42.7 Å². The molecule has 2 amide bonds. The number of carbonyl (C=O) groups is 1. The Morgan fingerprint density at radius 1 is 1.14 bits per heavy atom. The largest absolute Gasteiger partial charge is 0.439 e. The number of oxazole rings is 1. The van der Waals surface area contributed by atoms with Crippen molar-refractivity contribution < 1.29 is 9.21 Å². The Labute approximate surface area is 169 Å². The minimum Gasteiger partial charge on any atom is -0.439 e. The molecule has 1 fully saturated rings. The van der Waals surface area contributed by atoms with Gasteiger partial charge in [0.25, 0.3) is 0 Å². The van der Waals surface area contributed by atoms with Crippen LogP contribution in [0.15, 0.2) is 46.9 Å². The number of aromatic nitrogens is 1. The summed E-state index contributed by atoms with van der Waals surface area (Å²) >= 11 is 6.00. The standard InChI is InChI=1S/C21H23ClN4O2/c1-15-2-4-16(5-3-15)13-23-21(27)26-10-8-25(9-11-26)14-20-24-18-7-6-17(22)12-19(18)28-20/h2-7,12H,8-11,13-14H2,1H3,(H,23,27). The van der Waals surface area contributed by atoms with Gasteiger partial charge < -0.3 is 14.6 Å². The number of carbonyl (C=O) groups excluding carboxylic acids is 1. The molecule has 6 nitrogen and oxygen atoms in total. The van der Waals surface area contributed by atoms with Crippen LogP contribution in [0.25, 0.3) is 11.1 Å². The smallest absolute Gasteiger partial charge is 0.317 e. The highest BCUT2D eigenvalue weighted by Crippen LogP contribution is 2.21. The van der Waals surface area contributed by atoms with Gasteiger partial charge in [-0.25, -0.2) is 9.78 Å². The van der Waals surface area contributed by atoms with Crippen LogP contribution in [-0.2, 0) is 13.1 Å². The molecule has 0 unspecified atom stereocenters. The summed E-state index contributed by atoms with van der Waals surface area (Å²) in [6.45, 7) is 6.18. The summed E-state index contributed by atoms with van der Waals surface area (Å²) < 4.78 is 5.79. The minimum atomic E-state index is -0.0169. The molecule has 0 aliphatic carbocycles. The van der Waals surface area contributed by atoms with E-state index in [1.54, 1.807) is 6.07 Å². The Balaban J connectivity index is 1.26. The van der Waals surface area contributed by atoms with Crippen molar-refractivity contribution in [3.8, 4) is 0 Å². The van der Waals surface area contributed by atoms with E-state index in [9.17, 15) is 4.79 Å². The summed E-state index contributed by atoms with van der Waals surface area (Å²) in [7, 11) is 0. The SMILES string of the molecule is Cc1ccc(CNC(=O)N2CCN(Cc3nc4ccc(Cl)cc4o3)CC2)cc1. The van der Waals surface area contributed by atoms with Crippen molar-refractivity contribution in [3.63, 3.8) is 0 Å². The number of nitrogens with zero attached hydrogens (tertiary/aromatic N) is 3. The third-order valence-electron chi connectivity index (χ3n) is 4.98. The lowest BCUT2D eigenvalue weighted by Crippen LogP contribution is -2.51. The molecule has 146 valence electrons. The molecular formula is C21H23ClN4O2. The van der Waals surface area contributed by atoms with Crippen LogP contribution in [0.2, 0.25) is 5.02 Å². The maximum absolute atomic E-state index is 12.4. The normalized spacial score (nSPS) is 15.1. The van der Waals surface area contributed by atoms with Crippen LogP contribution in [0.5, 0.6) is 0 Å². The zero-order valence-electron chi connectivity index (χ0n) is 15.8. The first-order valence-electron chi connectivity index (χ1n) is 9.42. The zero-order valence-corrected chi connectivity index (χ0v) is 16.6. The molecule has 4 rings (SSSR count). The average Bonchev–Trinajstić information content (AvgIpc) is 3.09. The highest BCUT2D eigenvalue weighted by atomic mass is 35.5. The van der Waals surface area contributed by atoms with Crippen molar-refractivity contribution in [3.05, 3.63) is 64.5 Å². The van der Waals surface area contributed by atoms with E-state index >= 15 is 0 Å². The highest BCUT2D eigenvalue weighted by Gasteiger charge is 2.22. The van der Waals surface area contributed by atoms with Crippen molar-refractivity contribution in [2.24, 2.45) is 0 Å². The van der Waals surface area contributed by atoms with Crippen molar-refractivity contribution in [2.75, 3.05) is 26.2 Å². The van der Waals surface area contributed by atoms with Gasteiger partial charge in [0.15, 0.2) is 5.58 Å². The van der Waals surface area contributed by atoms with Gasteiger partial charge in [-0.15, -0.1) is 0 Å². The number of fused-ring (bicyclic) bond motifs is 1. The Kier molecular flexibility index (Phi) is 5.50. The van der Waals surface area contributed by atoms with E-state index in [1.807, 2.05) is 29.2 Å². The molecule has 1 aliphatic heterocycles. The first-order valence-corrected chi connectivity index (χ1v) is 9.80. The maximum Gasteiger partial charge on any atom is 0.317 e. The summed E-state index contributed by atoms with van der Waals surface area (Å²) in [6.07, 6.45) is 0. The molecule has 2 aromatic carbocycles. The van der Waals surface area contributed by atoms with Gasteiger partial charge in [-0.1, -0.05) is 41.4 Å². The van der Waals surface area contributed by atoms with E-state index in [1.165, 1.54) is 5.56 Å². The van der Waals surface area contributed by atoms with Crippen molar-refractivity contribution >= 4 is 28.7 Å². The number of piperazine rings is 1. The van der Waals surface area contributed by atoms with Crippen molar-refractivity contribution in [2.45, 2.75) is 20.0 Å². The van der Waals surface area contributed by atoms with Crippen LogP contribution < -0.4 is 5.32 Å². The molecule has 1 saturated heterocycles. The Morgan fingerprint density at radius 2 is 1.89 bits per heavy atom. The van der Waals surface area contributed by atoms with E-state index < -0.39 is 0 Å². The fourth-order valence-corrected chi connectivity index (χ4v) is 3.47. The number of halogens is 1. The molecule has 0 saturated carbocycles. The summed E-state index contributed by atoms with van der Waals surface area (Å²) in [5.41, 5.74) is 3.84. The Bertz CT molecular complexity index is 962. The van der Waals surface area contributed by atoms with Gasteiger partial charge in [0.2, 0.25) is 5.89 Å². The zero-order chi connectivity index (χ0) is 19.5. The second-order valence-electron chi connectivity index (χ2n) is 7.13. The van der Waals surface area contributed by atoms with Crippen LogP contribution >= 0.6 is 11.6 Å². The molecule has 1 N–H and O–H groups in total. The fraction of sp³-hybridized carbons (Fsp3) is 0.333. The monoisotopic (exact) mass is 398 g/mol. The molecule has 0 radical (unpaired) electrons. The number of aryl methyl sites for hydroxylation is 1. The van der Waals surface area contributed by atoms with E-state index in [0.717, 1.165) is 24.2 Å². The molecule has 7 heteroatoms. The second-order valence-corrected chi connectivity index (χ2v) is 7.56. The number of amides is 2. The van der Waals surface area contributed by atoms with Gasteiger partial charge >= 0.3 is 6.03 Å². The highest BCUT2D eigenvalue weighted by molar-refractivity contribution is 6.31. The Morgan fingerprint density at radius 3 is 2.64 bits per heavy atom. The number of benzene rings is 2. The Hall–Kier alpha value is -2.57. The number of nitrogens with one attached hydrogen (secondary N) is 1. The summed E-state index contributed by atoms with van der Waals surface area (Å²) in [4.78, 5) is 21.0. The summed E-state index contributed by atoms with van der Waals surface area (Å²) in [5, 5.41) is 3.64. The van der Waals surface area contributed by atoms with E-state index in [2.05, 4.69) is 34.3 Å². The van der Waals surface area contributed by atoms with Gasteiger partial charge in [0, 0.05) is 43.8 Å². The van der Waals surface area contributed by atoms with Crippen LogP contribution in [0.3, 0.4) is 0 Å². The number of rotatable bonds is 4. The molecule has 1 aromatic heterocycles. The van der Waals surface area contributed by atoms with Crippen molar-refractivity contribution in [1.29, 1.82) is 0 Å². The van der Waals surface area contributed by atoms with Crippen LogP contribution in [-0.4, -0.2) is 47.0 Å². The van der Waals surface area contributed by atoms with Crippen LogP contribution in [0, 0.1) is 6.92 Å². The molecule has 0 bridgehead atoms.